The molecule has 0 aliphatic carbocycles. The van der Waals surface area contributed by atoms with E-state index < -0.39 is 0 Å². The average molecular weight is 220 g/mol. The quantitative estimate of drug-likeness (QED) is 0.778. The maximum absolute atomic E-state index is 11.8. The second-order valence-corrected chi connectivity index (χ2v) is 4.07. The van der Waals surface area contributed by atoms with Gasteiger partial charge in [-0.3, -0.25) is 9.69 Å². The molecule has 1 amide bonds. The lowest BCUT2D eigenvalue weighted by atomic mass is 9.98. The summed E-state index contributed by atoms with van der Waals surface area (Å²) in [5.74, 6) is 0.00894. The van der Waals surface area contributed by atoms with Crippen molar-refractivity contribution in [2.75, 3.05) is 25.5 Å². The van der Waals surface area contributed by atoms with Crippen molar-refractivity contribution in [2.24, 2.45) is 0 Å². The van der Waals surface area contributed by atoms with E-state index in [2.05, 4.69) is 5.32 Å². The second kappa shape index (κ2) is 4.63. The molecular formula is C12H16N2O2. The Hall–Kier alpha value is -1.39. The van der Waals surface area contributed by atoms with Crippen molar-refractivity contribution >= 4 is 11.6 Å². The molecule has 16 heavy (non-hydrogen) atoms. The zero-order chi connectivity index (χ0) is 11.5. The van der Waals surface area contributed by atoms with Gasteiger partial charge in [-0.25, -0.2) is 0 Å². The SMILES string of the molecule is CN(CCO)C1Cc2ccccc2NC1=O. The topological polar surface area (TPSA) is 52.6 Å². The van der Waals surface area contributed by atoms with E-state index in [1.807, 2.05) is 36.2 Å². The van der Waals surface area contributed by atoms with Gasteiger partial charge in [-0.15, -0.1) is 0 Å². The van der Waals surface area contributed by atoms with Gasteiger partial charge in [0.2, 0.25) is 5.91 Å². The summed E-state index contributed by atoms with van der Waals surface area (Å²) in [6.45, 7) is 0.585. The molecule has 0 saturated heterocycles. The zero-order valence-corrected chi connectivity index (χ0v) is 9.31. The van der Waals surface area contributed by atoms with E-state index in [1.54, 1.807) is 0 Å². The molecule has 1 unspecified atom stereocenters. The highest BCUT2D eigenvalue weighted by Crippen LogP contribution is 2.23. The standard InChI is InChI=1S/C12H16N2O2/c1-14(6-7-15)11-8-9-4-2-3-5-10(9)13-12(11)16/h2-5,11,15H,6-8H2,1H3,(H,13,16). The second-order valence-electron chi connectivity index (χ2n) is 4.07. The molecular weight excluding hydrogens is 204 g/mol. The maximum Gasteiger partial charge on any atom is 0.242 e. The molecule has 1 aromatic carbocycles. The van der Waals surface area contributed by atoms with Gasteiger partial charge < -0.3 is 10.4 Å². The van der Waals surface area contributed by atoms with Crippen LogP contribution in [0.1, 0.15) is 5.56 Å². The number of anilines is 1. The van der Waals surface area contributed by atoms with Crippen molar-refractivity contribution in [2.45, 2.75) is 12.5 Å². The number of amides is 1. The van der Waals surface area contributed by atoms with Crippen LogP contribution in [-0.2, 0) is 11.2 Å². The Labute approximate surface area is 94.9 Å². The minimum atomic E-state index is -0.179. The number of carbonyl (C=O) groups is 1. The van der Waals surface area contributed by atoms with E-state index in [0.717, 1.165) is 11.3 Å². The average Bonchev–Trinajstić information content (AvgIpc) is 2.28. The largest absolute Gasteiger partial charge is 0.395 e. The molecule has 0 fully saturated rings. The summed E-state index contributed by atoms with van der Waals surface area (Å²) in [5.41, 5.74) is 2.05. The van der Waals surface area contributed by atoms with E-state index in [1.165, 1.54) is 0 Å². The van der Waals surface area contributed by atoms with Crippen LogP contribution >= 0.6 is 0 Å². The summed E-state index contributed by atoms with van der Waals surface area (Å²) in [5, 5.41) is 11.8. The fraction of sp³-hybridized carbons (Fsp3) is 0.417. The highest BCUT2D eigenvalue weighted by molar-refractivity contribution is 5.97. The van der Waals surface area contributed by atoms with Gasteiger partial charge >= 0.3 is 0 Å². The minimum Gasteiger partial charge on any atom is -0.395 e. The molecule has 1 aliphatic heterocycles. The molecule has 0 aromatic heterocycles. The first kappa shape index (κ1) is 11.1. The molecule has 1 atom stereocenters. The van der Waals surface area contributed by atoms with Crippen molar-refractivity contribution in [3.8, 4) is 0 Å². The first-order chi connectivity index (χ1) is 7.72. The van der Waals surface area contributed by atoms with Crippen LogP contribution < -0.4 is 5.32 Å². The zero-order valence-electron chi connectivity index (χ0n) is 9.31. The number of aliphatic hydroxyl groups excluding tert-OH is 1. The summed E-state index contributed by atoms with van der Waals surface area (Å²) in [4.78, 5) is 13.7. The molecule has 1 heterocycles. The van der Waals surface area contributed by atoms with Crippen molar-refractivity contribution in [1.82, 2.24) is 4.90 Å². The smallest absolute Gasteiger partial charge is 0.242 e. The molecule has 0 bridgehead atoms. The third kappa shape index (κ3) is 2.08. The lowest BCUT2D eigenvalue weighted by molar-refractivity contribution is -0.121. The Morgan fingerprint density at radius 1 is 1.50 bits per heavy atom. The number of hydrogen-bond donors (Lipinski definition) is 2. The number of carbonyl (C=O) groups excluding carboxylic acids is 1. The highest BCUT2D eigenvalue weighted by Gasteiger charge is 2.28. The van der Waals surface area contributed by atoms with Gasteiger partial charge in [0.25, 0.3) is 0 Å². The fourth-order valence-corrected chi connectivity index (χ4v) is 2.01. The fourth-order valence-electron chi connectivity index (χ4n) is 2.01. The maximum atomic E-state index is 11.8. The van der Waals surface area contributed by atoms with Crippen molar-refractivity contribution in [3.05, 3.63) is 29.8 Å². The van der Waals surface area contributed by atoms with Gasteiger partial charge in [0.15, 0.2) is 0 Å². The lowest BCUT2D eigenvalue weighted by Gasteiger charge is -2.31. The first-order valence-corrected chi connectivity index (χ1v) is 5.42. The molecule has 0 spiro atoms. The molecule has 1 aromatic rings. The van der Waals surface area contributed by atoms with Gasteiger partial charge in [-0.05, 0) is 25.1 Å². The molecule has 4 nitrogen and oxygen atoms in total. The summed E-state index contributed by atoms with van der Waals surface area (Å²) < 4.78 is 0. The summed E-state index contributed by atoms with van der Waals surface area (Å²) in [7, 11) is 1.86. The number of nitrogens with one attached hydrogen (secondary N) is 1. The molecule has 2 N–H and O–H groups in total. The summed E-state index contributed by atoms with van der Waals surface area (Å²) >= 11 is 0. The van der Waals surface area contributed by atoms with Gasteiger partial charge in [0.05, 0.1) is 12.6 Å². The van der Waals surface area contributed by atoms with Crippen LogP contribution in [0, 0.1) is 0 Å². The minimum absolute atomic E-state index is 0.00894. The predicted molar refractivity (Wildman–Crippen MR) is 62.3 cm³/mol. The number of benzene rings is 1. The third-order valence-corrected chi connectivity index (χ3v) is 2.98. The van der Waals surface area contributed by atoms with Crippen LogP contribution in [-0.4, -0.2) is 42.2 Å². The Balaban J connectivity index is 2.18. The van der Waals surface area contributed by atoms with Crippen molar-refractivity contribution < 1.29 is 9.90 Å². The van der Waals surface area contributed by atoms with Gasteiger partial charge in [0, 0.05) is 12.2 Å². The van der Waals surface area contributed by atoms with E-state index >= 15 is 0 Å². The number of hydrogen-bond acceptors (Lipinski definition) is 3. The van der Waals surface area contributed by atoms with Gasteiger partial charge in [0.1, 0.15) is 0 Å². The number of fused-ring (bicyclic) bond motifs is 1. The van der Waals surface area contributed by atoms with Crippen LogP contribution in [0.25, 0.3) is 0 Å². The summed E-state index contributed by atoms with van der Waals surface area (Å²) in [6, 6.07) is 7.64. The number of rotatable bonds is 3. The number of aliphatic hydroxyl groups is 1. The number of likely N-dealkylation sites (N-methyl/N-ethyl adjacent to an activating group) is 1. The number of para-hydroxylation sites is 1. The van der Waals surface area contributed by atoms with E-state index in [9.17, 15) is 4.79 Å². The molecule has 4 heteroatoms. The van der Waals surface area contributed by atoms with Gasteiger partial charge in [-0.1, -0.05) is 18.2 Å². The summed E-state index contributed by atoms with van der Waals surface area (Å²) in [6.07, 6.45) is 0.707. The van der Waals surface area contributed by atoms with Crippen molar-refractivity contribution in [1.29, 1.82) is 0 Å². The van der Waals surface area contributed by atoms with E-state index in [4.69, 9.17) is 5.11 Å². The molecule has 86 valence electrons. The van der Waals surface area contributed by atoms with Crippen molar-refractivity contribution in [3.63, 3.8) is 0 Å². The normalized spacial score (nSPS) is 19.4. The third-order valence-electron chi connectivity index (χ3n) is 2.98. The predicted octanol–water partition coefficient (Wildman–Crippen LogP) is 0.474. The highest BCUT2D eigenvalue weighted by atomic mass is 16.3. The van der Waals surface area contributed by atoms with E-state index in [-0.39, 0.29) is 18.6 Å². The lowest BCUT2D eigenvalue weighted by Crippen LogP contribution is -2.46. The van der Waals surface area contributed by atoms with E-state index in [0.29, 0.717) is 13.0 Å². The van der Waals surface area contributed by atoms with Crippen LogP contribution in [0.2, 0.25) is 0 Å². The first-order valence-electron chi connectivity index (χ1n) is 5.42. The van der Waals surface area contributed by atoms with Crippen LogP contribution in [0.15, 0.2) is 24.3 Å². The van der Waals surface area contributed by atoms with Crippen LogP contribution in [0.3, 0.4) is 0 Å². The Kier molecular flexibility index (Phi) is 3.22. The van der Waals surface area contributed by atoms with Crippen LogP contribution in [0.4, 0.5) is 5.69 Å². The molecule has 0 radical (unpaired) electrons. The Morgan fingerprint density at radius 3 is 3.00 bits per heavy atom. The molecule has 2 rings (SSSR count). The Bertz CT molecular complexity index is 392. The Morgan fingerprint density at radius 2 is 2.25 bits per heavy atom. The van der Waals surface area contributed by atoms with Gasteiger partial charge in [-0.2, -0.15) is 0 Å². The van der Waals surface area contributed by atoms with Crippen LogP contribution in [0.5, 0.6) is 0 Å². The molecule has 1 aliphatic rings. The number of nitrogens with zero attached hydrogens (tertiary/aromatic N) is 1. The monoisotopic (exact) mass is 220 g/mol. The molecule has 0 saturated carbocycles.